The zero-order chi connectivity index (χ0) is 21.5. The van der Waals surface area contributed by atoms with Gasteiger partial charge in [-0.05, 0) is 62.5 Å². The first-order valence-electron chi connectivity index (χ1n) is 11.3. The van der Waals surface area contributed by atoms with Gasteiger partial charge < -0.3 is 15.5 Å². The topological polar surface area (TPSA) is 85.2 Å². The minimum Gasteiger partial charge on any atom is -0.356 e. The van der Waals surface area contributed by atoms with Crippen molar-refractivity contribution in [3.8, 4) is 6.07 Å². The van der Waals surface area contributed by atoms with Gasteiger partial charge in [0.25, 0.3) is 0 Å². The Hall–Kier alpha value is -1.91. The van der Waals surface area contributed by atoms with E-state index in [1.165, 1.54) is 4.88 Å². The number of carbonyl (C=O) groups excluding carboxylic acids is 2. The molecule has 1 aromatic heterocycles. The number of carbonyl (C=O) groups is 2. The van der Waals surface area contributed by atoms with E-state index in [0.29, 0.717) is 30.2 Å². The summed E-state index contributed by atoms with van der Waals surface area (Å²) in [6.07, 6.45) is 7.18. The van der Waals surface area contributed by atoms with Crippen LogP contribution in [0.3, 0.4) is 0 Å². The van der Waals surface area contributed by atoms with Gasteiger partial charge in [-0.25, -0.2) is 0 Å². The average molecular weight is 431 g/mol. The molecular weight excluding hydrogens is 396 g/mol. The molecule has 1 aliphatic heterocycles. The van der Waals surface area contributed by atoms with E-state index in [1.54, 1.807) is 11.3 Å². The fourth-order valence-corrected chi connectivity index (χ4v) is 5.88. The lowest BCUT2D eigenvalue weighted by atomic mass is 9.89. The molecule has 1 aromatic rings. The highest BCUT2D eigenvalue weighted by atomic mass is 32.1. The van der Waals surface area contributed by atoms with Crippen LogP contribution in [0.15, 0.2) is 0 Å². The third kappa shape index (κ3) is 6.05. The number of thiophene rings is 1. The van der Waals surface area contributed by atoms with Crippen molar-refractivity contribution in [2.75, 3.05) is 31.5 Å². The molecule has 1 fully saturated rings. The highest BCUT2D eigenvalue weighted by Crippen LogP contribution is 2.39. The van der Waals surface area contributed by atoms with Crippen LogP contribution in [0, 0.1) is 23.2 Å². The number of nitrogens with zero attached hydrogens (tertiary/aromatic N) is 2. The first-order valence-corrected chi connectivity index (χ1v) is 12.1. The van der Waals surface area contributed by atoms with E-state index in [4.69, 9.17) is 0 Å². The fourth-order valence-electron chi connectivity index (χ4n) is 4.50. The molecule has 1 saturated heterocycles. The van der Waals surface area contributed by atoms with E-state index in [0.717, 1.165) is 75.3 Å². The van der Waals surface area contributed by atoms with Gasteiger partial charge >= 0.3 is 0 Å². The molecule has 2 N–H and O–H groups in total. The van der Waals surface area contributed by atoms with Gasteiger partial charge in [-0.1, -0.05) is 13.8 Å². The quantitative estimate of drug-likeness (QED) is 0.658. The predicted molar refractivity (Wildman–Crippen MR) is 121 cm³/mol. The maximum atomic E-state index is 12.6. The van der Waals surface area contributed by atoms with E-state index in [2.05, 4.69) is 28.5 Å². The predicted octanol–water partition coefficient (Wildman–Crippen LogP) is 3.70. The second-order valence-electron chi connectivity index (χ2n) is 8.83. The number of rotatable bonds is 8. The monoisotopic (exact) mass is 430 g/mol. The number of piperidine rings is 1. The third-order valence-corrected chi connectivity index (χ3v) is 7.37. The van der Waals surface area contributed by atoms with Crippen LogP contribution in [-0.4, -0.2) is 42.9 Å². The standard InChI is InChI=1S/C23H34N4O2S/c1-3-5-21(28)25-14-17-6-4-10-27(15-17)11-9-22(29)26-23-19(13-24)18-8-7-16(2)12-20(18)30-23/h16-17H,3-12,14-15H2,1-2H3,(H,25,28)(H,26,29). The van der Waals surface area contributed by atoms with E-state index in [1.807, 2.05) is 6.92 Å². The molecule has 2 heterocycles. The Balaban J connectivity index is 1.47. The molecular formula is C23H34N4O2S. The highest BCUT2D eigenvalue weighted by molar-refractivity contribution is 7.16. The molecule has 30 heavy (non-hydrogen) atoms. The van der Waals surface area contributed by atoms with Crippen LogP contribution in [0.5, 0.6) is 0 Å². The molecule has 3 rings (SSSR count). The third-order valence-electron chi connectivity index (χ3n) is 6.20. The van der Waals surface area contributed by atoms with Crippen molar-refractivity contribution in [2.45, 2.75) is 65.2 Å². The molecule has 6 nitrogen and oxygen atoms in total. The van der Waals surface area contributed by atoms with E-state index >= 15 is 0 Å². The summed E-state index contributed by atoms with van der Waals surface area (Å²) in [6, 6.07) is 2.32. The van der Waals surface area contributed by atoms with Gasteiger partial charge in [0.15, 0.2) is 0 Å². The van der Waals surface area contributed by atoms with Crippen molar-refractivity contribution in [2.24, 2.45) is 11.8 Å². The summed E-state index contributed by atoms with van der Waals surface area (Å²) in [4.78, 5) is 27.9. The average Bonchev–Trinajstić information content (AvgIpc) is 3.07. The lowest BCUT2D eigenvalue weighted by Crippen LogP contribution is -2.41. The van der Waals surface area contributed by atoms with Crippen LogP contribution in [-0.2, 0) is 22.4 Å². The van der Waals surface area contributed by atoms with Crippen molar-refractivity contribution < 1.29 is 9.59 Å². The smallest absolute Gasteiger partial charge is 0.226 e. The number of nitrogens with one attached hydrogen (secondary N) is 2. The van der Waals surface area contributed by atoms with Crippen molar-refractivity contribution in [3.05, 3.63) is 16.0 Å². The Morgan fingerprint density at radius 3 is 2.87 bits per heavy atom. The normalized spacial score (nSPS) is 21.5. The molecule has 2 amide bonds. The van der Waals surface area contributed by atoms with Crippen LogP contribution in [0.4, 0.5) is 5.00 Å². The van der Waals surface area contributed by atoms with Crippen molar-refractivity contribution in [1.29, 1.82) is 5.26 Å². The first kappa shape index (κ1) is 22.8. The van der Waals surface area contributed by atoms with Gasteiger partial charge in [0.05, 0.1) is 5.56 Å². The summed E-state index contributed by atoms with van der Waals surface area (Å²) in [5.74, 6) is 1.22. The SMILES string of the molecule is CCCC(=O)NCC1CCCN(CCC(=O)Nc2sc3c(c2C#N)CCC(C)C3)C1. The second kappa shape index (κ2) is 10.9. The maximum absolute atomic E-state index is 12.6. The van der Waals surface area contributed by atoms with Gasteiger partial charge in [0, 0.05) is 37.4 Å². The molecule has 2 aliphatic rings. The Kier molecular flexibility index (Phi) is 8.29. The minimum absolute atomic E-state index is 0.0171. The van der Waals surface area contributed by atoms with Crippen LogP contribution in [0.2, 0.25) is 0 Å². The van der Waals surface area contributed by atoms with Gasteiger partial charge in [0.1, 0.15) is 11.1 Å². The number of fused-ring (bicyclic) bond motifs is 1. The Morgan fingerprint density at radius 2 is 2.10 bits per heavy atom. The lowest BCUT2D eigenvalue weighted by Gasteiger charge is -2.32. The molecule has 0 aromatic carbocycles. The van der Waals surface area contributed by atoms with E-state index in [-0.39, 0.29) is 11.8 Å². The fraction of sp³-hybridized carbons (Fsp3) is 0.696. The van der Waals surface area contributed by atoms with Crippen molar-refractivity contribution in [1.82, 2.24) is 10.2 Å². The van der Waals surface area contributed by atoms with Crippen LogP contribution < -0.4 is 10.6 Å². The Labute approximate surface area is 184 Å². The number of nitriles is 1. The summed E-state index contributed by atoms with van der Waals surface area (Å²) in [6.45, 7) is 7.63. The molecule has 7 heteroatoms. The van der Waals surface area contributed by atoms with Gasteiger partial charge in [-0.15, -0.1) is 11.3 Å². The van der Waals surface area contributed by atoms with Gasteiger partial charge in [0.2, 0.25) is 11.8 Å². The van der Waals surface area contributed by atoms with E-state index in [9.17, 15) is 14.9 Å². The summed E-state index contributed by atoms with van der Waals surface area (Å²) in [5.41, 5.74) is 1.83. The Bertz CT molecular complexity index is 798. The molecule has 0 saturated carbocycles. The zero-order valence-corrected chi connectivity index (χ0v) is 19.1. The van der Waals surface area contributed by atoms with E-state index < -0.39 is 0 Å². The molecule has 0 radical (unpaired) electrons. The molecule has 0 bridgehead atoms. The van der Waals surface area contributed by atoms with Crippen LogP contribution >= 0.6 is 11.3 Å². The van der Waals surface area contributed by atoms with Gasteiger partial charge in [-0.3, -0.25) is 9.59 Å². The number of likely N-dealkylation sites (tertiary alicyclic amines) is 1. The number of amides is 2. The molecule has 1 aliphatic carbocycles. The lowest BCUT2D eigenvalue weighted by molar-refractivity contribution is -0.121. The second-order valence-corrected chi connectivity index (χ2v) is 9.93. The first-order chi connectivity index (χ1) is 14.5. The minimum atomic E-state index is -0.0171. The van der Waals surface area contributed by atoms with Crippen molar-refractivity contribution in [3.63, 3.8) is 0 Å². The number of anilines is 1. The zero-order valence-electron chi connectivity index (χ0n) is 18.3. The van der Waals surface area contributed by atoms with Crippen LogP contribution in [0.1, 0.15) is 68.4 Å². The summed E-state index contributed by atoms with van der Waals surface area (Å²) in [5, 5.41) is 16.4. The molecule has 164 valence electrons. The number of hydrogen-bond donors (Lipinski definition) is 2. The highest BCUT2D eigenvalue weighted by Gasteiger charge is 2.25. The molecule has 2 atom stereocenters. The summed E-state index contributed by atoms with van der Waals surface area (Å²) < 4.78 is 0. The Morgan fingerprint density at radius 1 is 1.27 bits per heavy atom. The largest absolute Gasteiger partial charge is 0.356 e. The molecule has 0 spiro atoms. The maximum Gasteiger partial charge on any atom is 0.226 e. The summed E-state index contributed by atoms with van der Waals surface area (Å²) in [7, 11) is 0. The molecule has 2 unspecified atom stereocenters. The van der Waals surface area contributed by atoms with Crippen LogP contribution in [0.25, 0.3) is 0 Å². The van der Waals surface area contributed by atoms with Crippen molar-refractivity contribution >= 4 is 28.2 Å². The summed E-state index contributed by atoms with van der Waals surface area (Å²) >= 11 is 1.59. The number of hydrogen-bond acceptors (Lipinski definition) is 5. The van der Waals surface area contributed by atoms with Gasteiger partial charge in [-0.2, -0.15) is 5.26 Å².